The van der Waals surface area contributed by atoms with Gasteiger partial charge in [-0.05, 0) is 52.3 Å². The lowest BCUT2D eigenvalue weighted by molar-refractivity contribution is -0.111. The Hall–Kier alpha value is -2.45. The van der Waals surface area contributed by atoms with Gasteiger partial charge in [-0.2, -0.15) is 0 Å². The largest absolute Gasteiger partial charge is 0.465 e. The van der Waals surface area contributed by atoms with E-state index in [-0.39, 0.29) is 16.8 Å². The van der Waals surface area contributed by atoms with E-state index in [0.29, 0.717) is 0 Å². The smallest absolute Gasteiger partial charge is 0.337 e. The summed E-state index contributed by atoms with van der Waals surface area (Å²) in [7, 11) is 2.46. The van der Waals surface area contributed by atoms with Gasteiger partial charge in [-0.1, -0.05) is 0 Å². The molecule has 0 unspecified atom stereocenters. The number of ether oxygens (including phenoxy) is 2. The number of rotatable bonds is 5. The van der Waals surface area contributed by atoms with Crippen molar-refractivity contribution in [2.24, 2.45) is 0 Å². The fourth-order valence-corrected chi connectivity index (χ4v) is 3.26. The van der Waals surface area contributed by atoms with E-state index in [0.717, 1.165) is 8.66 Å². The van der Waals surface area contributed by atoms with Crippen LogP contribution in [0.15, 0.2) is 40.2 Å². The molecule has 25 heavy (non-hydrogen) atoms. The Morgan fingerprint density at radius 2 is 1.64 bits per heavy atom. The number of carbonyl (C=O) groups excluding carboxylic acids is 3. The fraction of sp³-hybridized carbons (Fsp3) is 0.118. The highest BCUT2D eigenvalue weighted by atomic mass is 79.9. The lowest BCUT2D eigenvalue weighted by Crippen LogP contribution is -2.12. The second kappa shape index (κ2) is 8.59. The number of amides is 1. The molecule has 1 aromatic carbocycles. The molecule has 0 saturated heterocycles. The molecule has 0 saturated carbocycles. The number of nitrogens with one attached hydrogen (secondary N) is 1. The van der Waals surface area contributed by atoms with Gasteiger partial charge in [0.2, 0.25) is 5.91 Å². The number of carbonyl (C=O) groups is 3. The van der Waals surface area contributed by atoms with Gasteiger partial charge in [-0.15, -0.1) is 11.3 Å². The van der Waals surface area contributed by atoms with Gasteiger partial charge in [0, 0.05) is 16.6 Å². The van der Waals surface area contributed by atoms with Crippen molar-refractivity contribution in [1.29, 1.82) is 0 Å². The lowest BCUT2D eigenvalue weighted by atomic mass is 10.1. The molecule has 1 N–H and O–H groups in total. The van der Waals surface area contributed by atoms with Crippen molar-refractivity contribution in [2.75, 3.05) is 19.5 Å². The van der Waals surface area contributed by atoms with Crippen LogP contribution in [0.2, 0.25) is 0 Å². The maximum Gasteiger partial charge on any atom is 0.337 e. The summed E-state index contributed by atoms with van der Waals surface area (Å²) in [6.45, 7) is 0. The van der Waals surface area contributed by atoms with E-state index in [2.05, 4.69) is 30.7 Å². The van der Waals surface area contributed by atoms with Crippen LogP contribution in [0.3, 0.4) is 0 Å². The Bertz CT molecular complexity index is 809. The number of hydrogen-bond acceptors (Lipinski definition) is 6. The minimum Gasteiger partial charge on any atom is -0.465 e. The highest BCUT2D eigenvalue weighted by Crippen LogP contribution is 2.23. The van der Waals surface area contributed by atoms with Crippen molar-refractivity contribution in [3.05, 3.63) is 56.2 Å². The van der Waals surface area contributed by atoms with Gasteiger partial charge >= 0.3 is 11.9 Å². The predicted octanol–water partition coefficient (Wildman–Crippen LogP) is 3.74. The maximum absolute atomic E-state index is 12.1. The lowest BCUT2D eigenvalue weighted by Gasteiger charge is -2.08. The third kappa shape index (κ3) is 5.27. The summed E-state index contributed by atoms with van der Waals surface area (Å²) < 4.78 is 10.3. The van der Waals surface area contributed by atoms with Crippen molar-refractivity contribution in [3.63, 3.8) is 0 Å². The van der Waals surface area contributed by atoms with E-state index >= 15 is 0 Å². The summed E-state index contributed by atoms with van der Waals surface area (Å²) in [5.74, 6) is -1.65. The van der Waals surface area contributed by atoms with Gasteiger partial charge < -0.3 is 14.8 Å². The second-order valence-corrected chi connectivity index (χ2v) is 7.24. The molecule has 1 aromatic heterocycles. The third-order valence-electron chi connectivity index (χ3n) is 3.04. The fourth-order valence-electron chi connectivity index (χ4n) is 1.93. The van der Waals surface area contributed by atoms with Crippen LogP contribution in [0.5, 0.6) is 0 Å². The van der Waals surface area contributed by atoms with Gasteiger partial charge in [0.05, 0.1) is 29.1 Å². The number of methoxy groups -OCH3 is 2. The molecule has 1 heterocycles. The Morgan fingerprint density at radius 1 is 1.04 bits per heavy atom. The molecule has 0 fully saturated rings. The molecule has 0 aliphatic rings. The molecule has 1 amide bonds. The van der Waals surface area contributed by atoms with E-state index in [9.17, 15) is 14.4 Å². The summed E-state index contributed by atoms with van der Waals surface area (Å²) in [6, 6.07) is 7.93. The molecule has 0 aliphatic carbocycles. The highest BCUT2D eigenvalue weighted by molar-refractivity contribution is 9.11. The van der Waals surface area contributed by atoms with E-state index < -0.39 is 17.8 Å². The molecule has 8 heteroatoms. The zero-order valence-electron chi connectivity index (χ0n) is 13.4. The Kier molecular flexibility index (Phi) is 6.49. The van der Waals surface area contributed by atoms with E-state index in [1.165, 1.54) is 49.8 Å². The van der Waals surface area contributed by atoms with Crippen LogP contribution in [0, 0.1) is 0 Å². The molecular formula is C17H14BrNO5S. The maximum atomic E-state index is 12.1. The molecule has 6 nitrogen and oxygen atoms in total. The number of anilines is 1. The van der Waals surface area contributed by atoms with Gasteiger partial charge in [0.1, 0.15) is 0 Å². The van der Waals surface area contributed by atoms with Crippen LogP contribution in [0.1, 0.15) is 25.6 Å². The SMILES string of the molecule is COC(=O)c1cc(NC(=O)/C=C/c2ccc(Br)s2)cc(C(=O)OC)c1. The first kappa shape index (κ1) is 18.9. The first-order valence-corrected chi connectivity index (χ1v) is 8.60. The van der Waals surface area contributed by atoms with Crippen LogP contribution in [-0.2, 0) is 14.3 Å². The number of hydrogen-bond donors (Lipinski definition) is 1. The Morgan fingerprint density at radius 3 is 2.12 bits per heavy atom. The number of halogens is 1. The number of esters is 2. The first-order chi connectivity index (χ1) is 11.9. The van der Waals surface area contributed by atoms with Crippen LogP contribution in [0.4, 0.5) is 5.69 Å². The highest BCUT2D eigenvalue weighted by Gasteiger charge is 2.14. The van der Waals surface area contributed by atoms with Crippen LogP contribution in [0.25, 0.3) is 6.08 Å². The van der Waals surface area contributed by atoms with Crippen LogP contribution >= 0.6 is 27.3 Å². The molecular weight excluding hydrogens is 410 g/mol. The van der Waals surface area contributed by atoms with E-state index in [4.69, 9.17) is 0 Å². The molecule has 0 aliphatic heterocycles. The van der Waals surface area contributed by atoms with Crippen molar-refractivity contribution >= 4 is 56.9 Å². The topological polar surface area (TPSA) is 81.7 Å². The molecule has 2 rings (SSSR count). The van der Waals surface area contributed by atoms with E-state index in [1.807, 2.05) is 12.1 Å². The normalized spacial score (nSPS) is 10.5. The minimum atomic E-state index is -0.625. The zero-order valence-corrected chi connectivity index (χ0v) is 15.8. The van der Waals surface area contributed by atoms with Gasteiger partial charge in [-0.25, -0.2) is 9.59 Å². The van der Waals surface area contributed by atoms with E-state index in [1.54, 1.807) is 6.08 Å². The number of thiophene rings is 1. The number of benzene rings is 1. The van der Waals surface area contributed by atoms with Crippen LogP contribution in [-0.4, -0.2) is 32.1 Å². The molecule has 0 spiro atoms. The van der Waals surface area contributed by atoms with Crippen LogP contribution < -0.4 is 5.32 Å². The molecule has 0 radical (unpaired) electrons. The Labute approximate surface area is 156 Å². The van der Waals surface area contributed by atoms with Gasteiger partial charge in [0.15, 0.2) is 0 Å². The molecule has 0 atom stereocenters. The minimum absolute atomic E-state index is 0.131. The second-order valence-electron chi connectivity index (χ2n) is 4.75. The summed E-state index contributed by atoms with van der Waals surface area (Å²) in [6.07, 6.45) is 3.02. The van der Waals surface area contributed by atoms with Crippen molar-refractivity contribution in [3.8, 4) is 0 Å². The standard InChI is InChI=1S/C17H14BrNO5S/c1-23-16(21)10-7-11(17(22)24-2)9-12(8-10)19-15(20)6-4-13-3-5-14(18)25-13/h3-9H,1-2H3,(H,19,20)/b6-4+. The molecule has 0 bridgehead atoms. The third-order valence-corrected chi connectivity index (χ3v) is 4.62. The molecule has 2 aromatic rings. The molecule has 130 valence electrons. The first-order valence-electron chi connectivity index (χ1n) is 6.99. The zero-order chi connectivity index (χ0) is 18.4. The quantitative estimate of drug-likeness (QED) is 0.584. The van der Waals surface area contributed by atoms with Crippen molar-refractivity contribution in [2.45, 2.75) is 0 Å². The Balaban J connectivity index is 2.22. The summed E-state index contributed by atoms with van der Waals surface area (Å²) in [5.41, 5.74) is 0.545. The van der Waals surface area contributed by atoms with Crippen molar-refractivity contribution < 1.29 is 23.9 Å². The summed E-state index contributed by atoms with van der Waals surface area (Å²) in [5, 5.41) is 2.61. The van der Waals surface area contributed by atoms with Crippen molar-refractivity contribution in [1.82, 2.24) is 0 Å². The average Bonchev–Trinajstić information content (AvgIpc) is 3.03. The predicted molar refractivity (Wildman–Crippen MR) is 98.8 cm³/mol. The average molecular weight is 424 g/mol. The van der Waals surface area contributed by atoms with Gasteiger partial charge in [-0.3, -0.25) is 4.79 Å². The summed E-state index contributed by atoms with van der Waals surface area (Å²) in [4.78, 5) is 36.4. The summed E-state index contributed by atoms with van der Waals surface area (Å²) >= 11 is 4.83. The van der Waals surface area contributed by atoms with Gasteiger partial charge in [0.25, 0.3) is 0 Å². The monoisotopic (exact) mass is 423 g/mol.